The van der Waals surface area contributed by atoms with Gasteiger partial charge in [0.25, 0.3) is 0 Å². The van der Waals surface area contributed by atoms with E-state index in [4.69, 9.17) is 5.84 Å². The van der Waals surface area contributed by atoms with Gasteiger partial charge in [0, 0.05) is 9.35 Å². The Morgan fingerprint density at radius 2 is 2.00 bits per heavy atom. The number of thiophene rings is 1. The smallest absolute Gasteiger partial charge is 0.0564 e. The summed E-state index contributed by atoms with van der Waals surface area (Å²) in [5.41, 5.74) is 4.30. The summed E-state index contributed by atoms with van der Waals surface area (Å²) in [5, 5.41) is 2.08. The molecule has 1 aromatic carbocycles. The summed E-state index contributed by atoms with van der Waals surface area (Å²) >= 11 is 5.30. The molecule has 2 aromatic rings. The molecule has 0 fully saturated rings. The average molecular weight is 325 g/mol. The Morgan fingerprint density at radius 1 is 1.22 bits per heavy atom. The number of benzene rings is 1. The maximum Gasteiger partial charge on any atom is 0.0564 e. The summed E-state index contributed by atoms with van der Waals surface area (Å²) in [7, 11) is 0. The van der Waals surface area contributed by atoms with Gasteiger partial charge in [0.15, 0.2) is 0 Å². The van der Waals surface area contributed by atoms with Crippen molar-refractivity contribution in [2.75, 3.05) is 0 Å². The number of hydrogen-bond acceptors (Lipinski definition) is 3. The summed E-state index contributed by atoms with van der Waals surface area (Å²) in [4.78, 5) is 1.28. The zero-order chi connectivity index (χ0) is 12.8. The molecule has 0 aliphatic heterocycles. The molecule has 0 radical (unpaired) electrons. The second kappa shape index (κ2) is 7.04. The average Bonchev–Trinajstić information content (AvgIpc) is 2.82. The molecule has 0 saturated carbocycles. The van der Waals surface area contributed by atoms with E-state index in [0.29, 0.717) is 0 Å². The van der Waals surface area contributed by atoms with E-state index in [-0.39, 0.29) is 6.04 Å². The van der Waals surface area contributed by atoms with Crippen LogP contribution >= 0.6 is 27.3 Å². The van der Waals surface area contributed by atoms with Crippen molar-refractivity contribution in [1.29, 1.82) is 0 Å². The van der Waals surface area contributed by atoms with Crippen LogP contribution < -0.4 is 11.3 Å². The molecule has 1 unspecified atom stereocenters. The van der Waals surface area contributed by atoms with Crippen LogP contribution in [-0.4, -0.2) is 0 Å². The first kappa shape index (κ1) is 13.7. The van der Waals surface area contributed by atoms with E-state index in [1.807, 2.05) is 0 Å². The minimum absolute atomic E-state index is 0.239. The van der Waals surface area contributed by atoms with Gasteiger partial charge in [-0.25, -0.2) is 0 Å². The molecule has 1 heterocycles. The van der Waals surface area contributed by atoms with Crippen LogP contribution in [0.4, 0.5) is 0 Å². The Hall–Kier alpha value is -0.680. The van der Waals surface area contributed by atoms with Crippen LogP contribution in [0.25, 0.3) is 0 Å². The highest BCUT2D eigenvalue weighted by Crippen LogP contribution is 2.31. The van der Waals surface area contributed by atoms with E-state index >= 15 is 0 Å². The summed E-state index contributed by atoms with van der Waals surface area (Å²) in [6.07, 6.45) is 3.27. The summed E-state index contributed by atoms with van der Waals surface area (Å²) in [5.74, 6) is 5.65. The van der Waals surface area contributed by atoms with Gasteiger partial charge >= 0.3 is 0 Å². The van der Waals surface area contributed by atoms with Crippen LogP contribution in [0.5, 0.6) is 0 Å². The Labute approximate surface area is 120 Å². The van der Waals surface area contributed by atoms with E-state index in [9.17, 15) is 0 Å². The van der Waals surface area contributed by atoms with Gasteiger partial charge in [-0.05, 0) is 52.2 Å². The Bertz CT molecular complexity index is 470. The molecule has 0 amide bonds. The largest absolute Gasteiger partial charge is 0.271 e. The van der Waals surface area contributed by atoms with Crippen LogP contribution in [0.15, 0.2) is 46.3 Å². The predicted molar refractivity (Wildman–Crippen MR) is 81.5 cm³/mol. The van der Waals surface area contributed by atoms with Crippen LogP contribution in [0.3, 0.4) is 0 Å². The molecule has 0 spiro atoms. The zero-order valence-corrected chi connectivity index (χ0v) is 12.5. The second-order valence-corrected chi connectivity index (χ2v) is 6.03. The maximum atomic E-state index is 5.65. The number of rotatable bonds is 6. The quantitative estimate of drug-likeness (QED) is 0.621. The van der Waals surface area contributed by atoms with Crippen molar-refractivity contribution in [2.45, 2.75) is 25.3 Å². The van der Waals surface area contributed by atoms with Crippen LogP contribution in [0.2, 0.25) is 0 Å². The lowest BCUT2D eigenvalue weighted by molar-refractivity contribution is 0.504. The fourth-order valence-corrected chi connectivity index (χ4v) is 3.74. The molecule has 2 nitrogen and oxygen atoms in total. The van der Waals surface area contributed by atoms with E-state index in [0.717, 1.165) is 23.7 Å². The second-order valence-electron chi connectivity index (χ2n) is 4.23. The van der Waals surface area contributed by atoms with E-state index in [1.165, 1.54) is 10.4 Å². The van der Waals surface area contributed by atoms with Gasteiger partial charge in [0.05, 0.1) is 6.04 Å². The van der Waals surface area contributed by atoms with Gasteiger partial charge in [0.2, 0.25) is 0 Å². The predicted octanol–water partition coefficient (Wildman–Crippen LogP) is 4.04. The van der Waals surface area contributed by atoms with Gasteiger partial charge in [-0.3, -0.25) is 11.3 Å². The van der Waals surface area contributed by atoms with E-state index in [1.54, 1.807) is 11.3 Å². The van der Waals surface area contributed by atoms with Crippen molar-refractivity contribution >= 4 is 27.3 Å². The standard InChI is InChI=1S/C14H17BrN2S/c15-12-9-10-18-14(12)13(17-16)8-4-7-11-5-2-1-3-6-11/h1-3,5-6,9-10,13,17H,4,7-8,16H2. The van der Waals surface area contributed by atoms with Gasteiger partial charge < -0.3 is 0 Å². The molecule has 3 N–H and O–H groups in total. The Morgan fingerprint density at radius 3 is 2.61 bits per heavy atom. The molecule has 96 valence electrons. The van der Waals surface area contributed by atoms with Crippen molar-refractivity contribution < 1.29 is 0 Å². The molecule has 1 atom stereocenters. The van der Waals surface area contributed by atoms with Gasteiger partial charge in [-0.15, -0.1) is 11.3 Å². The van der Waals surface area contributed by atoms with Gasteiger partial charge in [-0.2, -0.15) is 0 Å². The minimum Gasteiger partial charge on any atom is -0.271 e. The van der Waals surface area contributed by atoms with Crippen molar-refractivity contribution in [2.24, 2.45) is 5.84 Å². The van der Waals surface area contributed by atoms with E-state index < -0.39 is 0 Å². The molecule has 0 aliphatic carbocycles. The lowest BCUT2D eigenvalue weighted by Crippen LogP contribution is -2.27. The SMILES string of the molecule is NNC(CCCc1ccccc1)c1sccc1Br. The number of halogens is 1. The Kier molecular flexibility index (Phi) is 5.38. The topological polar surface area (TPSA) is 38.0 Å². The lowest BCUT2D eigenvalue weighted by Gasteiger charge is -2.14. The van der Waals surface area contributed by atoms with Crippen LogP contribution in [0, 0.1) is 0 Å². The third-order valence-electron chi connectivity index (χ3n) is 2.96. The first-order valence-electron chi connectivity index (χ1n) is 6.04. The van der Waals surface area contributed by atoms with Crippen LogP contribution in [-0.2, 0) is 6.42 Å². The third kappa shape index (κ3) is 3.65. The molecule has 1 aromatic heterocycles. The highest BCUT2D eigenvalue weighted by atomic mass is 79.9. The van der Waals surface area contributed by atoms with Crippen molar-refractivity contribution in [1.82, 2.24) is 5.43 Å². The molecule has 2 rings (SSSR count). The number of nitrogens with one attached hydrogen (secondary N) is 1. The normalized spacial score (nSPS) is 12.6. The number of nitrogens with two attached hydrogens (primary N) is 1. The van der Waals surface area contributed by atoms with Gasteiger partial charge in [-0.1, -0.05) is 30.3 Å². The zero-order valence-electron chi connectivity index (χ0n) is 10.1. The summed E-state index contributed by atoms with van der Waals surface area (Å²) in [6.45, 7) is 0. The fourth-order valence-electron chi connectivity index (χ4n) is 2.00. The monoisotopic (exact) mass is 324 g/mol. The van der Waals surface area contributed by atoms with Crippen molar-refractivity contribution in [3.05, 3.63) is 56.7 Å². The van der Waals surface area contributed by atoms with Crippen LogP contribution in [0.1, 0.15) is 29.3 Å². The Balaban J connectivity index is 1.87. The molecule has 4 heteroatoms. The highest BCUT2D eigenvalue weighted by Gasteiger charge is 2.13. The lowest BCUT2D eigenvalue weighted by atomic mass is 10.0. The first-order chi connectivity index (χ1) is 8.81. The molecule has 0 saturated heterocycles. The molecule has 0 bridgehead atoms. The molecule has 18 heavy (non-hydrogen) atoms. The van der Waals surface area contributed by atoms with Gasteiger partial charge in [0.1, 0.15) is 0 Å². The molecular weight excluding hydrogens is 308 g/mol. The van der Waals surface area contributed by atoms with E-state index in [2.05, 4.69) is 63.1 Å². The molecule has 0 aliphatic rings. The maximum absolute atomic E-state index is 5.65. The minimum atomic E-state index is 0.239. The fraction of sp³-hybridized carbons (Fsp3) is 0.286. The van der Waals surface area contributed by atoms with Crippen molar-refractivity contribution in [3.63, 3.8) is 0 Å². The summed E-state index contributed by atoms with van der Waals surface area (Å²) in [6, 6.07) is 12.9. The third-order valence-corrected chi connectivity index (χ3v) is 4.95. The van der Waals surface area contributed by atoms with Crippen molar-refractivity contribution in [3.8, 4) is 0 Å². The highest BCUT2D eigenvalue weighted by molar-refractivity contribution is 9.10. The number of aryl methyl sites for hydroxylation is 1. The number of hydrogen-bond donors (Lipinski definition) is 2. The summed E-state index contributed by atoms with van der Waals surface area (Å²) < 4.78 is 1.15. The first-order valence-corrected chi connectivity index (χ1v) is 7.71. The number of hydrazine groups is 1. The molecular formula is C14H17BrN2S.